The number of aliphatic hydroxyl groups is 3. The minimum atomic E-state index is -1.27. The molecule has 0 bridgehead atoms. The van der Waals surface area contributed by atoms with E-state index in [-0.39, 0.29) is 6.42 Å². The van der Waals surface area contributed by atoms with Crippen molar-refractivity contribution in [2.45, 2.75) is 75.7 Å². The third kappa shape index (κ3) is 13.4. The zero-order chi connectivity index (χ0) is 24.7. The zero-order valence-electron chi connectivity index (χ0n) is 19.0. The summed E-state index contributed by atoms with van der Waals surface area (Å²) in [5, 5.41) is 46.6. The summed E-state index contributed by atoms with van der Waals surface area (Å²) in [6, 6.07) is -1.74. The van der Waals surface area contributed by atoms with Crippen molar-refractivity contribution in [1.82, 2.24) is 4.90 Å². The number of rotatable bonds is 19. The van der Waals surface area contributed by atoms with Crippen LogP contribution in [-0.4, -0.2) is 105 Å². The van der Waals surface area contributed by atoms with Gasteiger partial charge in [0.25, 0.3) is 0 Å². The van der Waals surface area contributed by atoms with E-state index in [4.69, 9.17) is 26.8 Å². The van der Waals surface area contributed by atoms with E-state index in [1.165, 1.54) is 0 Å². The Hall–Kier alpha value is -2.05. The maximum Gasteiger partial charge on any atom is 0.320 e. The van der Waals surface area contributed by atoms with Gasteiger partial charge in [-0.05, 0) is 32.1 Å². The normalized spacial score (nSPS) is 15.6. The number of unbranched alkanes of at least 4 members (excludes halogenated alkanes) is 3. The van der Waals surface area contributed by atoms with Gasteiger partial charge in [0.2, 0.25) is 0 Å². The molecule has 4 atom stereocenters. The van der Waals surface area contributed by atoms with Crippen LogP contribution in [0.15, 0.2) is 11.9 Å². The second-order valence-electron chi connectivity index (χ2n) is 8.12. The summed E-state index contributed by atoms with van der Waals surface area (Å²) in [6.07, 6.45) is 3.79. The summed E-state index contributed by atoms with van der Waals surface area (Å²) in [6.45, 7) is 4.64. The van der Waals surface area contributed by atoms with Crippen LogP contribution in [0.3, 0.4) is 0 Å². The van der Waals surface area contributed by atoms with Crippen LogP contribution in [0.4, 0.5) is 0 Å². The Morgan fingerprint density at radius 2 is 1.50 bits per heavy atom. The van der Waals surface area contributed by atoms with Crippen LogP contribution >= 0.6 is 0 Å². The second-order valence-corrected chi connectivity index (χ2v) is 8.12. The molecule has 0 aliphatic rings. The largest absolute Gasteiger partial charge is 0.480 e. The summed E-state index contributed by atoms with van der Waals surface area (Å²) in [4.78, 5) is 23.4. The molecule has 11 nitrogen and oxygen atoms in total. The van der Waals surface area contributed by atoms with Gasteiger partial charge in [-0.25, -0.2) is 4.58 Å². The average molecular weight is 462 g/mol. The number of aliphatic carboxylic acids is 2. The zero-order valence-corrected chi connectivity index (χ0v) is 19.0. The van der Waals surface area contributed by atoms with Crippen LogP contribution < -0.4 is 11.5 Å². The number of carbonyl (C=O) groups is 2. The van der Waals surface area contributed by atoms with Crippen LogP contribution in [0, 0.1) is 0 Å². The highest BCUT2D eigenvalue weighted by molar-refractivity contribution is 5.73. The summed E-state index contributed by atoms with van der Waals surface area (Å²) in [5.74, 6) is -2.03. The lowest BCUT2D eigenvalue weighted by Crippen LogP contribution is -2.32. The van der Waals surface area contributed by atoms with Gasteiger partial charge >= 0.3 is 11.9 Å². The van der Waals surface area contributed by atoms with Gasteiger partial charge in [-0.2, -0.15) is 0 Å². The number of hydrogen-bond acceptors (Lipinski definition) is 8. The molecule has 0 saturated carbocycles. The van der Waals surface area contributed by atoms with Gasteiger partial charge in [0.15, 0.2) is 5.70 Å². The Bertz CT molecular complexity index is 615. The van der Waals surface area contributed by atoms with E-state index in [1.807, 2.05) is 11.9 Å². The van der Waals surface area contributed by atoms with E-state index in [1.54, 1.807) is 10.8 Å². The third-order valence-corrected chi connectivity index (χ3v) is 5.18. The van der Waals surface area contributed by atoms with Crippen LogP contribution in [0.1, 0.15) is 51.4 Å². The summed E-state index contributed by atoms with van der Waals surface area (Å²) in [7, 11) is 1.84. The van der Waals surface area contributed by atoms with Crippen molar-refractivity contribution in [3.05, 3.63) is 11.9 Å². The standard InChI is InChI=1S/C21H40N4O7/c1-24(10-7-5-9-17(23)21(31)32)13-15(12-18(27)19(28)14-26)25(2)11-6-3-4-8-16(22)20(29)30/h13,16-19,26-28H,2-12,14,22-23H2,1H3,(H-,29,30,31,32)/p+1/b15-13-. The molecule has 0 aliphatic heterocycles. The highest BCUT2D eigenvalue weighted by Gasteiger charge is 2.23. The number of carboxylic acid groups (broad SMARTS) is 2. The highest BCUT2D eigenvalue weighted by Crippen LogP contribution is 2.13. The van der Waals surface area contributed by atoms with Crippen molar-refractivity contribution in [3.63, 3.8) is 0 Å². The first-order valence-corrected chi connectivity index (χ1v) is 10.9. The Labute approximate surface area is 189 Å². The maximum absolute atomic E-state index is 10.8. The molecule has 0 amide bonds. The van der Waals surface area contributed by atoms with E-state index in [2.05, 4.69) is 6.72 Å². The van der Waals surface area contributed by atoms with Crippen LogP contribution in [0.2, 0.25) is 0 Å². The van der Waals surface area contributed by atoms with Gasteiger partial charge in [0.1, 0.15) is 31.4 Å². The summed E-state index contributed by atoms with van der Waals surface area (Å²) < 4.78 is 1.71. The van der Waals surface area contributed by atoms with Gasteiger partial charge in [-0.1, -0.05) is 6.42 Å². The van der Waals surface area contributed by atoms with E-state index in [9.17, 15) is 19.8 Å². The van der Waals surface area contributed by atoms with Crippen LogP contribution in [0.5, 0.6) is 0 Å². The number of carboxylic acids is 2. The molecule has 0 fully saturated rings. The molecular formula is C21H41N4O7+. The average Bonchev–Trinajstić information content (AvgIpc) is 2.74. The molecule has 0 spiro atoms. The van der Waals surface area contributed by atoms with Gasteiger partial charge < -0.3 is 41.9 Å². The van der Waals surface area contributed by atoms with Gasteiger partial charge in [-0.15, -0.1) is 0 Å². The van der Waals surface area contributed by atoms with Gasteiger partial charge in [0.05, 0.1) is 25.3 Å². The van der Waals surface area contributed by atoms with Gasteiger partial charge in [0, 0.05) is 20.0 Å². The Morgan fingerprint density at radius 3 is 2.00 bits per heavy atom. The van der Waals surface area contributed by atoms with Gasteiger partial charge in [-0.3, -0.25) is 9.59 Å². The van der Waals surface area contributed by atoms with E-state index >= 15 is 0 Å². The van der Waals surface area contributed by atoms with Crippen molar-refractivity contribution in [3.8, 4) is 0 Å². The molecule has 0 radical (unpaired) electrons. The minimum absolute atomic E-state index is 0.0867. The second kappa shape index (κ2) is 16.6. The summed E-state index contributed by atoms with van der Waals surface area (Å²) in [5.41, 5.74) is 11.7. The first-order valence-electron chi connectivity index (χ1n) is 10.9. The molecule has 4 unspecified atom stereocenters. The van der Waals surface area contributed by atoms with Crippen molar-refractivity contribution in [2.24, 2.45) is 11.5 Å². The molecule has 0 rings (SSSR count). The lowest BCUT2D eigenvalue weighted by atomic mass is 10.1. The minimum Gasteiger partial charge on any atom is -0.480 e. The fourth-order valence-corrected chi connectivity index (χ4v) is 3.01. The van der Waals surface area contributed by atoms with Crippen molar-refractivity contribution in [2.75, 3.05) is 26.7 Å². The number of aliphatic hydroxyl groups excluding tert-OH is 3. The SMILES string of the molecule is C=[N+](CCCCCC(N)C(=O)O)/C(=C\N(C)CCCCC(N)C(=O)O)CC(O)C(O)CO. The Balaban J connectivity index is 4.78. The molecular weight excluding hydrogens is 420 g/mol. The maximum atomic E-state index is 10.8. The van der Waals surface area contributed by atoms with E-state index in [0.717, 1.165) is 19.3 Å². The number of hydrogen-bond donors (Lipinski definition) is 7. The lowest BCUT2D eigenvalue weighted by Gasteiger charge is -2.19. The predicted molar refractivity (Wildman–Crippen MR) is 120 cm³/mol. The quantitative estimate of drug-likeness (QED) is 0.0722. The molecule has 0 aliphatic carbocycles. The number of nitrogens with two attached hydrogens (primary N) is 2. The predicted octanol–water partition coefficient (Wildman–Crippen LogP) is -0.869. The molecule has 0 saturated heterocycles. The smallest absolute Gasteiger partial charge is 0.320 e. The van der Waals surface area contributed by atoms with E-state index in [0.29, 0.717) is 44.5 Å². The lowest BCUT2D eigenvalue weighted by molar-refractivity contribution is -0.473. The Kier molecular flexibility index (Phi) is 15.5. The molecule has 0 heterocycles. The molecule has 0 aromatic carbocycles. The third-order valence-electron chi connectivity index (χ3n) is 5.18. The number of nitrogens with zero attached hydrogens (tertiary/aromatic N) is 2. The highest BCUT2D eigenvalue weighted by atomic mass is 16.4. The summed E-state index contributed by atoms with van der Waals surface area (Å²) >= 11 is 0. The van der Waals surface area contributed by atoms with E-state index < -0.39 is 42.8 Å². The van der Waals surface area contributed by atoms with Crippen molar-refractivity contribution >= 4 is 18.7 Å². The van der Waals surface area contributed by atoms with Crippen molar-refractivity contribution in [1.29, 1.82) is 0 Å². The molecule has 32 heavy (non-hydrogen) atoms. The first-order chi connectivity index (χ1) is 15.0. The topological polar surface area (TPSA) is 194 Å². The molecule has 186 valence electrons. The van der Waals surface area contributed by atoms with Crippen molar-refractivity contribution < 1.29 is 39.7 Å². The first kappa shape index (κ1) is 29.9. The van der Waals surface area contributed by atoms with Crippen LogP contribution in [-0.2, 0) is 9.59 Å². The molecule has 0 aromatic heterocycles. The molecule has 0 aromatic rings. The molecule has 9 N–H and O–H groups in total. The Morgan fingerprint density at radius 1 is 0.969 bits per heavy atom. The fourth-order valence-electron chi connectivity index (χ4n) is 3.01. The van der Waals surface area contributed by atoms with Crippen LogP contribution in [0.25, 0.3) is 0 Å². The molecule has 11 heteroatoms. The fraction of sp³-hybridized carbons (Fsp3) is 0.762. The monoisotopic (exact) mass is 461 g/mol.